The van der Waals surface area contributed by atoms with Gasteiger partial charge in [-0.15, -0.1) is 5.16 Å². The highest BCUT2D eigenvalue weighted by Gasteiger charge is 2.32. The number of halogens is 1. The number of benzene rings is 1. The zero-order valence-corrected chi connectivity index (χ0v) is 14.8. The molecule has 0 spiro atoms. The number of fused-ring (bicyclic) bond motifs is 3. The van der Waals surface area contributed by atoms with Crippen molar-refractivity contribution in [3.8, 4) is 0 Å². The number of aromatic nitrogens is 3. The van der Waals surface area contributed by atoms with Crippen molar-refractivity contribution in [1.82, 2.24) is 14.0 Å². The number of Topliss-reactive ketones (excluding diaryl/α,β-unsaturated/α-hetero) is 1. The maximum Gasteiger partial charge on any atom is 0.277 e. The predicted octanol–water partition coefficient (Wildman–Crippen LogP) is 2.75. The summed E-state index contributed by atoms with van der Waals surface area (Å²) in [6.07, 6.45) is 4.78. The average molecular weight is 373 g/mol. The van der Waals surface area contributed by atoms with Crippen LogP contribution in [0.4, 0.5) is 0 Å². The van der Waals surface area contributed by atoms with Gasteiger partial charge in [-0.05, 0) is 25.0 Å². The van der Waals surface area contributed by atoms with Crippen molar-refractivity contribution in [2.75, 3.05) is 0 Å². The minimum atomic E-state index is -0.553. The van der Waals surface area contributed by atoms with Crippen LogP contribution in [0.15, 0.2) is 34.5 Å². The Kier molecular flexibility index (Phi) is 4.03. The number of para-hydroxylation sites is 1. The van der Waals surface area contributed by atoms with Crippen LogP contribution >= 0.6 is 11.6 Å². The third-order valence-corrected chi connectivity index (χ3v) is 5.22. The molecule has 1 saturated carbocycles. The molecule has 0 bridgehead atoms. The fraction of sp³-hybridized carbons (Fsp3) is 0.333. The van der Waals surface area contributed by atoms with E-state index in [4.69, 9.17) is 16.8 Å². The topological polar surface area (TPSA) is 89.0 Å². The van der Waals surface area contributed by atoms with E-state index < -0.39 is 5.92 Å². The number of oxime groups is 1. The largest absolute Gasteiger partial charge is 0.411 e. The van der Waals surface area contributed by atoms with Gasteiger partial charge in [0, 0.05) is 25.3 Å². The molecule has 7 nitrogen and oxygen atoms in total. The van der Waals surface area contributed by atoms with Crippen molar-refractivity contribution >= 4 is 40.1 Å². The molecule has 3 aromatic rings. The molecule has 1 fully saturated rings. The lowest BCUT2D eigenvalue weighted by Gasteiger charge is -2.12. The molecular formula is C18H17ClN4O3. The van der Waals surface area contributed by atoms with E-state index in [0.29, 0.717) is 21.7 Å². The van der Waals surface area contributed by atoms with Crippen LogP contribution in [0.5, 0.6) is 0 Å². The molecule has 26 heavy (non-hydrogen) atoms. The number of hydrogen-bond donors (Lipinski definition) is 1. The summed E-state index contributed by atoms with van der Waals surface area (Å²) in [6.45, 7) is 0. The molecule has 0 saturated heterocycles. The molecule has 1 N–H and O–H groups in total. The molecule has 0 radical (unpaired) electrons. The summed E-state index contributed by atoms with van der Waals surface area (Å²) >= 11 is 6.27. The van der Waals surface area contributed by atoms with Crippen molar-refractivity contribution in [3.63, 3.8) is 0 Å². The van der Waals surface area contributed by atoms with E-state index in [1.807, 2.05) is 6.07 Å². The summed E-state index contributed by atoms with van der Waals surface area (Å²) in [6, 6.07) is 5.38. The zero-order chi connectivity index (χ0) is 18.4. The Morgan fingerprint density at radius 1 is 1.46 bits per heavy atom. The minimum absolute atomic E-state index is 0.0842. The third kappa shape index (κ3) is 2.59. The quantitative estimate of drug-likeness (QED) is 0.423. The molecule has 1 atom stereocenters. The summed E-state index contributed by atoms with van der Waals surface area (Å²) in [5.41, 5.74) is 1.86. The first kappa shape index (κ1) is 16.8. The SMILES string of the molecule is Cn1c(=O)c2c(C(/C=N\O)CC(=O)C3CC3)ncn2c2cccc(Cl)c21. The highest BCUT2D eigenvalue weighted by molar-refractivity contribution is 6.35. The van der Waals surface area contributed by atoms with E-state index in [2.05, 4.69) is 10.1 Å². The van der Waals surface area contributed by atoms with Crippen LogP contribution in [-0.4, -0.2) is 31.2 Å². The molecule has 8 heteroatoms. The van der Waals surface area contributed by atoms with Crippen LogP contribution in [0.2, 0.25) is 5.02 Å². The monoisotopic (exact) mass is 372 g/mol. The van der Waals surface area contributed by atoms with Gasteiger partial charge in [-0.2, -0.15) is 0 Å². The summed E-state index contributed by atoms with van der Waals surface area (Å²) < 4.78 is 3.16. The van der Waals surface area contributed by atoms with Crippen molar-refractivity contribution in [1.29, 1.82) is 0 Å². The van der Waals surface area contributed by atoms with Crippen molar-refractivity contribution in [2.45, 2.75) is 25.2 Å². The molecular weight excluding hydrogens is 356 g/mol. The van der Waals surface area contributed by atoms with Crippen LogP contribution in [0, 0.1) is 5.92 Å². The van der Waals surface area contributed by atoms with Crippen LogP contribution in [-0.2, 0) is 11.8 Å². The van der Waals surface area contributed by atoms with Crippen LogP contribution in [0.3, 0.4) is 0 Å². The fourth-order valence-electron chi connectivity index (χ4n) is 3.41. The maximum absolute atomic E-state index is 13.0. The normalized spacial score (nSPS) is 15.9. The Morgan fingerprint density at radius 2 is 2.23 bits per heavy atom. The second kappa shape index (κ2) is 6.25. The van der Waals surface area contributed by atoms with E-state index in [1.54, 1.807) is 29.9 Å². The highest BCUT2D eigenvalue weighted by atomic mass is 35.5. The lowest BCUT2D eigenvalue weighted by molar-refractivity contribution is -0.120. The third-order valence-electron chi connectivity index (χ3n) is 4.92. The van der Waals surface area contributed by atoms with Crippen molar-refractivity contribution in [2.24, 2.45) is 18.1 Å². The van der Waals surface area contributed by atoms with Gasteiger partial charge in [-0.1, -0.05) is 17.7 Å². The zero-order valence-electron chi connectivity index (χ0n) is 14.1. The Hall–Kier alpha value is -2.67. The van der Waals surface area contributed by atoms with Gasteiger partial charge in [0.05, 0.1) is 28.0 Å². The van der Waals surface area contributed by atoms with E-state index in [9.17, 15) is 9.59 Å². The van der Waals surface area contributed by atoms with Crippen LogP contribution in [0.1, 0.15) is 30.9 Å². The molecule has 1 unspecified atom stereocenters. The lowest BCUT2D eigenvalue weighted by atomic mass is 9.97. The Balaban J connectivity index is 1.94. The fourth-order valence-corrected chi connectivity index (χ4v) is 3.71. The highest BCUT2D eigenvalue weighted by Crippen LogP contribution is 2.34. The van der Waals surface area contributed by atoms with Crippen molar-refractivity contribution in [3.05, 3.63) is 45.6 Å². The van der Waals surface area contributed by atoms with Gasteiger partial charge in [0.15, 0.2) is 0 Å². The molecule has 134 valence electrons. The second-order valence-corrected chi connectivity index (χ2v) is 7.04. The van der Waals surface area contributed by atoms with Crippen molar-refractivity contribution < 1.29 is 10.0 Å². The van der Waals surface area contributed by atoms with Gasteiger partial charge in [0.2, 0.25) is 0 Å². The molecule has 4 rings (SSSR count). The van der Waals surface area contributed by atoms with E-state index in [1.165, 1.54) is 10.8 Å². The number of carbonyl (C=O) groups is 1. The number of rotatable bonds is 5. The molecule has 2 aromatic heterocycles. The van der Waals surface area contributed by atoms with Crippen LogP contribution in [0.25, 0.3) is 16.6 Å². The van der Waals surface area contributed by atoms with E-state index in [0.717, 1.165) is 18.4 Å². The smallest absolute Gasteiger partial charge is 0.277 e. The van der Waals surface area contributed by atoms with Gasteiger partial charge in [0.25, 0.3) is 5.56 Å². The van der Waals surface area contributed by atoms with Gasteiger partial charge >= 0.3 is 0 Å². The molecule has 0 aliphatic heterocycles. The van der Waals surface area contributed by atoms with Gasteiger partial charge in [0.1, 0.15) is 17.6 Å². The maximum atomic E-state index is 13.0. The number of imidazole rings is 1. The predicted molar refractivity (Wildman–Crippen MR) is 98.3 cm³/mol. The van der Waals surface area contributed by atoms with E-state index >= 15 is 0 Å². The Labute approximate surface area is 153 Å². The summed E-state index contributed by atoms with van der Waals surface area (Å²) in [5, 5.41) is 12.6. The summed E-state index contributed by atoms with van der Waals surface area (Å²) in [4.78, 5) is 29.6. The second-order valence-electron chi connectivity index (χ2n) is 6.64. The average Bonchev–Trinajstić information content (AvgIpc) is 3.38. The molecule has 0 amide bonds. The van der Waals surface area contributed by atoms with Gasteiger partial charge in [-0.25, -0.2) is 4.98 Å². The Morgan fingerprint density at radius 3 is 2.92 bits per heavy atom. The first-order valence-corrected chi connectivity index (χ1v) is 8.75. The summed E-state index contributed by atoms with van der Waals surface area (Å²) in [7, 11) is 1.65. The number of ketones is 1. The number of carbonyl (C=O) groups excluding carboxylic acids is 1. The molecule has 1 aliphatic rings. The first-order chi connectivity index (χ1) is 12.5. The Bertz CT molecular complexity index is 1110. The standard InChI is InChI=1S/C18H17ClN4O3/c1-22-16-12(19)3-2-4-13(16)23-9-20-15(17(23)18(22)25)11(8-21-26)7-14(24)10-5-6-10/h2-4,8-11,26H,5-7H2,1H3/b21-8-. The number of aryl methyl sites for hydroxylation is 1. The van der Waals surface area contributed by atoms with Crippen LogP contribution < -0.4 is 5.56 Å². The van der Waals surface area contributed by atoms with Gasteiger partial charge < -0.3 is 9.77 Å². The summed E-state index contributed by atoms with van der Waals surface area (Å²) in [5.74, 6) is -0.361. The molecule has 2 heterocycles. The molecule has 1 aromatic carbocycles. The number of nitrogens with zero attached hydrogens (tertiary/aromatic N) is 4. The lowest BCUT2D eigenvalue weighted by Crippen LogP contribution is -2.22. The molecule has 1 aliphatic carbocycles. The number of hydrogen-bond acceptors (Lipinski definition) is 5. The van der Waals surface area contributed by atoms with Gasteiger partial charge in [-0.3, -0.25) is 14.0 Å². The minimum Gasteiger partial charge on any atom is -0.411 e. The van der Waals surface area contributed by atoms with E-state index in [-0.39, 0.29) is 23.7 Å². The first-order valence-electron chi connectivity index (χ1n) is 8.37.